The lowest BCUT2D eigenvalue weighted by Gasteiger charge is -2.35. The van der Waals surface area contributed by atoms with Crippen molar-refractivity contribution < 1.29 is 4.79 Å². The van der Waals surface area contributed by atoms with Gasteiger partial charge >= 0.3 is 0 Å². The van der Waals surface area contributed by atoms with Crippen LogP contribution in [0.25, 0.3) is 0 Å². The number of nitrogens with two attached hydrogens (primary N) is 1. The zero-order valence-electron chi connectivity index (χ0n) is 11.9. The molecule has 3 nitrogen and oxygen atoms in total. The molecule has 1 amide bonds. The van der Waals surface area contributed by atoms with Gasteiger partial charge in [0.2, 0.25) is 5.91 Å². The molecule has 1 heterocycles. The Hall–Kier alpha value is -0.280. The van der Waals surface area contributed by atoms with E-state index >= 15 is 0 Å². The average molecular weight is 277 g/mol. The van der Waals surface area contributed by atoms with E-state index in [1.165, 1.54) is 6.42 Å². The number of halogens is 1. The maximum atomic E-state index is 12.0. The van der Waals surface area contributed by atoms with E-state index in [1.807, 2.05) is 0 Å². The highest BCUT2D eigenvalue weighted by Crippen LogP contribution is 2.21. The van der Waals surface area contributed by atoms with E-state index in [0.717, 1.165) is 51.7 Å². The zero-order valence-corrected chi connectivity index (χ0v) is 12.7. The van der Waals surface area contributed by atoms with Crippen molar-refractivity contribution >= 4 is 18.3 Å². The molecule has 2 atom stereocenters. The van der Waals surface area contributed by atoms with Crippen LogP contribution in [0.1, 0.15) is 52.4 Å². The van der Waals surface area contributed by atoms with Crippen molar-refractivity contribution in [3.05, 3.63) is 0 Å². The first-order chi connectivity index (χ1) is 8.13. The van der Waals surface area contributed by atoms with Gasteiger partial charge in [-0.1, -0.05) is 26.7 Å². The SMILES string of the molecule is CC1CC(C)CN(C(=O)CCCCCCN)C1.Cl. The monoisotopic (exact) mass is 276 g/mol. The molecule has 2 unspecified atom stereocenters. The number of carbonyl (C=O) groups is 1. The molecule has 0 aromatic carbocycles. The predicted octanol–water partition coefficient (Wildman–Crippen LogP) is 2.82. The molecular weight excluding hydrogens is 248 g/mol. The van der Waals surface area contributed by atoms with Crippen molar-refractivity contribution in [1.29, 1.82) is 0 Å². The fraction of sp³-hybridized carbons (Fsp3) is 0.929. The second-order valence-corrected chi connectivity index (χ2v) is 5.70. The van der Waals surface area contributed by atoms with E-state index in [0.29, 0.717) is 17.7 Å². The zero-order chi connectivity index (χ0) is 12.7. The van der Waals surface area contributed by atoms with Crippen LogP contribution in [0.2, 0.25) is 0 Å². The summed E-state index contributed by atoms with van der Waals surface area (Å²) in [5, 5.41) is 0. The van der Waals surface area contributed by atoms with Crippen molar-refractivity contribution in [3.63, 3.8) is 0 Å². The fourth-order valence-corrected chi connectivity index (χ4v) is 2.80. The normalized spacial score (nSPS) is 23.6. The van der Waals surface area contributed by atoms with Gasteiger partial charge in [-0.15, -0.1) is 12.4 Å². The van der Waals surface area contributed by atoms with Crippen LogP contribution in [0, 0.1) is 11.8 Å². The summed E-state index contributed by atoms with van der Waals surface area (Å²) < 4.78 is 0. The van der Waals surface area contributed by atoms with Crippen molar-refractivity contribution in [1.82, 2.24) is 4.90 Å². The molecule has 1 saturated heterocycles. The van der Waals surface area contributed by atoms with Crippen LogP contribution < -0.4 is 5.73 Å². The van der Waals surface area contributed by atoms with Gasteiger partial charge in [0, 0.05) is 19.5 Å². The average Bonchev–Trinajstić information content (AvgIpc) is 2.27. The molecule has 1 aliphatic heterocycles. The molecule has 0 aromatic rings. The minimum Gasteiger partial charge on any atom is -0.342 e. The number of rotatable bonds is 6. The summed E-state index contributed by atoms with van der Waals surface area (Å²) in [7, 11) is 0. The molecule has 1 aliphatic rings. The molecule has 0 radical (unpaired) electrons. The van der Waals surface area contributed by atoms with E-state index in [4.69, 9.17) is 5.73 Å². The Morgan fingerprint density at radius 1 is 1.11 bits per heavy atom. The number of amides is 1. The Kier molecular flexibility index (Phi) is 9.47. The number of nitrogens with zero attached hydrogens (tertiary/aromatic N) is 1. The molecule has 0 bridgehead atoms. The topological polar surface area (TPSA) is 46.3 Å². The highest BCUT2D eigenvalue weighted by molar-refractivity contribution is 5.85. The fourth-order valence-electron chi connectivity index (χ4n) is 2.80. The first-order valence-corrected chi connectivity index (χ1v) is 7.11. The van der Waals surface area contributed by atoms with Gasteiger partial charge in [0.05, 0.1) is 0 Å². The summed E-state index contributed by atoms with van der Waals surface area (Å²) in [4.78, 5) is 14.1. The Balaban J connectivity index is 0.00000289. The lowest BCUT2D eigenvalue weighted by Crippen LogP contribution is -2.42. The van der Waals surface area contributed by atoms with E-state index < -0.39 is 0 Å². The van der Waals surface area contributed by atoms with E-state index in [2.05, 4.69) is 18.7 Å². The van der Waals surface area contributed by atoms with Crippen LogP contribution >= 0.6 is 12.4 Å². The molecule has 0 spiro atoms. The summed E-state index contributed by atoms with van der Waals surface area (Å²) in [6.45, 7) is 7.20. The van der Waals surface area contributed by atoms with Crippen LogP contribution in [0.15, 0.2) is 0 Å². The maximum Gasteiger partial charge on any atom is 0.222 e. The van der Waals surface area contributed by atoms with Gasteiger partial charge < -0.3 is 10.6 Å². The van der Waals surface area contributed by atoms with Crippen LogP contribution in [0.5, 0.6) is 0 Å². The lowest BCUT2D eigenvalue weighted by atomic mass is 9.91. The van der Waals surface area contributed by atoms with E-state index in [1.54, 1.807) is 0 Å². The molecule has 1 fully saturated rings. The van der Waals surface area contributed by atoms with Crippen LogP contribution in [-0.2, 0) is 4.79 Å². The molecule has 2 N–H and O–H groups in total. The predicted molar refractivity (Wildman–Crippen MR) is 78.9 cm³/mol. The summed E-state index contributed by atoms with van der Waals surface area (Å²) in [6, 6.07) is 0. The van der Waals surface area contributed by atoms with Crippen molar-refractivity contribution in [2.24, 2.45) is 17.6 Å². The number of unbranched alkanes of at least 4 members (excludes halogenated alkanes) is 3. The van der Waals surface area contributed by atoms with Gasteiger partial charge in [0.25, 0.3) is 0 Å². The van der Waals surface area contributed by atoms with Crippen molar-refractivity contribution in [2.45, 2.75) is 52.4 Å². The Morgan fingerprint density at radius 2 is 1.67 bits per heavy atom. The second-order valence-electron chi connectivity index (χ2n) is 5.70. The van der Waals surface area contributed by atoms with Crippen LogP contribution in [-0.4, -0.2) is 30.4 Å². The van der Waals surface area contributed by atoms with Gasteiger partial charge in [0.15, 0.2) is 0 Å². The molecule has 4 heteroatoms. The van der Waals surface area contributed by atoms with Crippen molar-refractivity contribution in [3.8, 4) is 0 Å². The smallest absolute Gasteiger partial charge is 0.222 e. The summed E-state index contributed by atoms with van der Waals surface area (Å²) in [5.41, 5.74) is 5.44. The first kappa shape index (κ1) is 17.7. The second kappa shape index (κ2) is 9.62. The maximum absolute atomic E-state index is 12.0. The summed E-state index contributed by atoms with van der Waals surface area (Å²) in [6.07, 6.45) is 6.41. The third kappa shape index (κ3) is 6.60. The number of hydrogen-bond acceptors (Lipinski definition) is 2. The number of hydrogen-bond donors (Lipinski definition) is 1. The standard InChI is InChI=1S/C14H28N2O.ClH/c1-12-9-13(2)11-16(10-12)14(17)7-5-3-4-6-8-15;/h12-13H,3-11,15H2,1-2H3;1H. The summed E-state index contributed by atoms with van der Waals surface area (Å²) >= 11 is 0. The minimum atomic E-state index is 0. The van der Waals surface area contributed by atoms with Gasteiger partial charge in [-0.2, -0.15) is 0 Å². The number of likely N-dealkylation sites (tertiary alicyclic amines) is 1. The van der Waals surface area contributed by atoms with Crippen molar-refractivity contribution in [2.75, 3.05) is 19.6 Å². The minimum absolute atomic E-state index is 0. The first-order valence-electron chi connectivity index (χ1n) is 7.11. The largest absolute Gasteiger partial charge is 0.342 e. The highest BCUT2D eigenvalue weighted by Gasteiger charge is 2.24. The lowest BCUT2D eigenvalue weighted by molar-refractivity contribution is -0.134. The Labute approximate surface area is 118 Å². The number of piperidine rings is 1. The van der Waals surface area contributed by atoms with Gasteiger partial charge in [-0.25, -0.2) is 0 Å². The molecular formula is C14H29ClN2O. The van der Waals surface area contributed by atoms with E-state index in [9.17, 15) is 4.79 Å². The van der Waals surface area contributed by atoms with Crippen LogP contribution in [0.3, 0.4) is 0 Å². The summed E-state index contributed by atoms with van der Waals surface area (Å²) in [5.74, 6) is 1.69. The quantitative estimate of drug-likeness (QED) is 0.759. The molecule has 18 heavy (non-hydrogen) atoms. The molecule has 0 aromatic heterocycles. The number of carbonyl (C=O) groups excluding carboxylic acids is 1. The van der Waals surface area contributed by atoms with Gasteiger partial charge in [-0.05, 0) is 37.6 Å². The highest BCUT2D eigenvalue weighted by atomic mass is 35.5. The Morgan fingerprint density at radius 3 is 2.22 bits per heavy atom. The van der Waals surface area contributed by atoms with E-state index in [-0.39, 0.29) is 12.4 Å². The molecule has 0 aliphatic carbocycles. The van der Waals surface area contributed by atoms with Gasteiger partial charge in [0.1, 0.15) is 0 Å². The molecule has 1 rings (SSSR count). The molecule has 108 valence electrons. The van der Waals surface area contributed by atoms with Crippen LogP contribution in [0.4, 0.5) is 0 Å². The van der Waals surface area contributed by atoms with Gasteiger partial charge in [-0.3, -0.25) is 4.79 Å². The third-order valence-electron chi connectivity index (χ3n) is 3.57. The Bertz CT molecular complexity index is 226. The molecule has 0 saturated carbocycles. The third-order valence-corrected chi connectivity index (χ3v) is 3.57.